The molecule has 0 N–H and O–H groups in total. The van der Waals surface area contributed by atoms with E-state index in [1.807, 2.05) is 12.1 Å². The highest BCUT2D eigenvalue weighted by atomic mass is 32.2. The second-order valence-electron chi connectivity index (χ2n) is 4.84. The molecule has 2 aromatic carbocycles. The molecule has 20 heavy (non-hydrogen) atoms. The van der Waals surface area contributed by atoms with Crippen molar-refractivity contribution in [2.24, 2.45) is 0 Å². The highest BCUT2D eigenvalue weighted by Gasteiger charge is 2.09. The van der Waals surface area contributed by atoms with Crippen LogP contribution in [0.25, 0.3) is 21.7 Å². The quantitative estimate of drug-likeness (QED) is 0.537. The van der Waals surface area contributed by atoms with E-state index < -0.39 is 15.5 Å². The normalized spacial score (nSPS) is 12.1. The molecule has 0 saturated carbocycles. The maximum atomic E-state index is 11.9. The molecule has 3 aromatic rings. The van der Waals surface area contributed by atoms with Crippen LogP contribution in [0.1, 0.15) is 5.56 Å². The third-order valence-corrected chi connectivity index (χ3v) is 3.97. The highest BCUT2D eigenvalue weighted by Crippen LogP contribution is 2.24. The predicted molar refractivity (Wildman–Crippen MR) is 78.5 cm³/mol. The topological polar surface area (TPSA) is 64.3 Å². The molecular formula is C15H12O4S. The maximum absolute atomic E-state index is 11.9. The van der Waals surface area contributed by atoms with E-state index in [4.69, 9.17) is 4.42 Å². The molecule has 4 nitrogen and oxygen atoms in total. The van der Waals surface area contributed by atoms with E-state index in [9.17, 15) is 13.2 Å². The van der Waals surface area contributed by atoms with Crippen molar-refractivity contribution in [2.75, 3.05) is 6.26 Å². The monoisotopic (exact) mass is 288 g/mol. The van der Waals surface area contributed by atoms with Gasteiger partial charge in [0.2, 0.25) is 0 Å². The van der Waals surface area contributed by atoms with Gasteiger partial charge in [-0.15, -0.1) is 0 Å². The van der Waals surface area contributed by atoms with Crippen LogP contribution in [-0.2, 0) is 15.6 Å². The van der Waals surface area contributed by atoms with Crippen molar-refractivity contribution in [3.05, 3.63) is 58.4 Å². The first-order valence-electron chi connectivity index (χ1n) is 6.06. The Balaban J connectivity index is 2.31. The summed E-state index contributed by atoms with van der Waals surface area (Å²) in [7, 11) is -3.12. The summed E-state index contributed by atoms with van der Waals surface area (Å²) in [6.07, 6.45) is 1.17. The summed E-state index contributed by atoms with van der Waals surface area (Å²) >= 11 is 0. The van der Waals surface area contributed by atoms with Crippen LogP contribution in [0.3, 0.4) is 0 Å². The van der Waals surface area contributed by atoms with Crippen molar-refractivity contribution in [3.8, 4) is 0 Å². The van der Waals surface area contributed by atoms with E-state index >= 15 is 0 Å². The lowest BCUT2D eigenvalue weighted by molar-refractivity contribution is 0.569. The van der Waals surface area contributed by atoms with E-state index in [1.54, 1.807) is 30.3 Å². The minimum absolute atomic E-state index is 0.0700. The van der Waals surface area contributed by atoms with Gasteiger partial charge in [-0.2, -0.15) is 0 Å². The average Bonchev–Trinajstić information content (AvgIpc) is 2.37. The van der Waals surface area contributed by atoms with Crippen LogP contribution < -0.4 is 5.63 Å². The second-order valence-corrected chi connectivity index (χ2v) is 6.98. The number of rotatable bonds is 2. The van der Waals surface area contributed by atoms with E-state index in [0.717, 1.165) is 10.8 Å². The van der Waals surface area contributed by atoms with Crippen molar-refractivity contribution in [1.29, 1.82) is 0 Å². The van der Waals surface area contributed by atoms with Gasteiger partial charge in [0.1, 0.15) is 5.58 Å². The molecule has 0 unspecified atom stereocenters. The largest absolute Gasteiger partial charge is 0.422 e. The minimum Gasteiger partial charge on any atom is -0.422 e. The van der Waals surface area contributed by atoms with Crippen LogP contribution in [0.4, 0.5) is 0 Å². The van der Waals surface area contributed by atoms with Gasteiger partial charge in [-0.3, -0.25) is 0 Å². The van der Waals surface area contributed by atoms with Gasteiger partial charge in [0.25, 0.3) is 0 Å². The van der Waals surface area contributed by atoms with Crippen LogP contribution in [-0.4, -0.2) is 14.7 Å². The molecule has 0 bridgehead atoms. The van der Waals surface area contributed by atoms with E-state index in [1.165, 1.54) is 6.26 Å². The van der Waals surface area contributed by atoms with E-state index in [0.29, 0.717) is 16.5 Å². The molecule has 0 saturated heterocycles. The van der Waals surface area contributed by atoms with Crippen molar-refractivity contribution >= 4 is 31.6 Å². The molecular weight excluding hydrogens is 276 g/mol. The van der Waals surface area contributed by atoms with E-state index in [2.05, 4.69) is 0 Å². The van der Waals surface area contributed by atoms with Gasteiger partial charge in [0.05, 0.1) is 11.1 Å². The van der Waals surface area contributed by atoms with Crippen LogP contribution in [0, 0.1) is 0 Å². The molecule has 102 valence electrons. The van der Waals surface area contributed by atoms with Crippen molar-refractivity contribution in [1.82, 2.24) is 0 Å². The summed E-state index contributed by atoms with van der Waals surface area (Å²) in [6, 6.07) is 12.4. The van der Waals surface area contributed by atoms with Gasteiger partial charge >= 0.3 is 5.63 Å². The number of sulfone groups is 1. The molecule has 1 aromatic heterocycles. The molecule has 0 aliphatic rings. The Hall–Kier alpha value is -2.14. The summed E-state index contributed by atoms with van der Waals surface area (Å²) in [4.78, 5) is 11.9. The van der Waals surface area contributed by atoms with Gasteiger partial charge in [-0.05, 0) is 23.1 Å². The molecule has 5 heteroatoms. The fourth-order valence-corrected chi connectivity index (χ4v) is 3.10. The molecule has 0 aliphatic heterocycles. The van der Waals surface area contributed by atoms with Gasteiger partial charge in [-0.25, -0.2) is 13.2 Å². The fraction of sp³-hybridized carbons (Fsp3) is 0.133. The first-order valence-corrected chi connectivity index (χ1v) is 8.12. The zero-order chi connectivity index (χ0) is 14.3. The molecule has 0 fully saturated rings. The third-order valence-electron chi connectivity index (χ3n) is 3.11. The first-order chi connectivity index (χ1) is 9.44. The average molecular weight is 288 g/mol. The summed E-state index contributed by atoms with van der Waals surface area (Å²) in [6.45, 7) is 0. The number of hydrogen-bond donors (Lipinski definition) is 0. The first kappa shape index (κ1) is 12.9. The van der Waals surface area contributed by atoms with Crippen molar-refractivity contribution in [3.63, 3.8) is 0 Å². The van der Waals surface area contributed by atoms with Gasteiger partial charge < -0.3 is 4.42 Å². The fourth-order valence-electron chi connectivity index (χ4n) is 2.32. The van der Waals surface area contributed by atoms with Crippen LogP contribution >= 0.6 is 0 Å². The Bertz CT molecular complexity index is 968. The lowest BCUT2D eigenvalue weighted by atomic mass is 10.1. The summed E-state index contributed by atoms with van der Waals surface area (Å²) in [5.74, 6) is -0.0700. The standard InChI is InChI=1S/C15H12O4S/c1-20(17,18)9-10-6-7-12-11-4-2-3-5-13(11)15(16)19-14(12)8-10/h2-8H,9H2,1H3. The minimum atomic E-state index is -3.12. The van der Waals surface area contributed by atoms with Crippen LogP contribution in [0.15, 0.2) is 51.7 Å². The summed E-state index contributed by atoms with van der Waals surface area (Å²) in [5.41, 5.74) is 0.609. The lowest BCUT2D eigenvalue weighted by Crippen LogP contribution is -2.02. The third kappa shape index (κ3) is 2.32. The Morgan fingerprint density at radius 3 is 2.40 bits per heavy atom. The molecule has 0 spiro atoms. The molecule has 3 rings (SSSR count). The second kappa shape index (κ2) is 4.45. The SMILES string of the molecule is CS(=O)(=O)Cc1ccc2c(c1)oc(=O)c1ccccc12. The molecule has 0 atom stereocenters. The van der Waals surface area contributed by atoms with Gasteiger partial charge in [-0.1, -0.05) is 30.3 Å². The molecule has 0 amide bonds. The molecule has 1 heterocycles. The highest BCUT2D eigenvalue weighted by molar-refractivity contribution is 7.89. The van der Waals surface area contributed by atoms with Gasteiger partial charge in [0.15, 0.2) is 9.84 Å². The zero-order valence-electron chi connectivity index (χ0n) is 10.8. The molecule has 0 aliphatic carbocycles. The maximum Gasteiger partial charge on any atom is 0.344 e. The zero-order valence-corrected chi connectivity index (χ0v) is 11.6. The summed E-state index contributed by atoms with van der Waals surface area (Å²) in [5, 5.41) is 2.14. The number of benzene rings is 2. The summed E-state index contributed by atoms with van der Waals surface area (Å²) < 4.78 is 27.9. The lowest BCUT2D eigenvalue weighted by Gasteiger charge is -2.04. The number of fused-ring (bicyclic) bond motifs is 3. The predicted octanol–water partition coefficient (Wildman–Crippen LogP) is 2.49. The Kier molecular flexibility index (Phi) is 2.87. The van der Waals surface area contributed by atoms with Crippen molar-refractivity contribution in [2.45, 2.75) is 5.75 Å². The van der Waals surface area contributed by atoms with E-state index in [-0.39, 0.29) is 5.75 Å². The van der Waals surface area contributed by atoms with Crippen molar-refractivity contribution < 1.29 is 12.8 Å². The Morgan fingerprint density at radius 2 is 1.70 bits per heavy atom. The Labute approximate surface area is 115 Å². The van der Waals surface area contributed by atoms with Crippen LogP contribution in [0.2, 0.25) is 0 Å². The Morgan fingerprint density at radius 1 is 1.00 bits per heavy atom. The van der Waals surface area contributed by atoms with Gasteiger partial charge in [0, 0.05) is 11.6 Å². The van der Waals surface area contributed by atoms with Crippen LogP contribution in [0.5, 0.6) is 0 Å². The number of hydrogen-bond acceptors (Lipinski definition) is 4. The smallest absolute Gasteiger partial charge is 0.344 e. The molecule has 0 radical (unpaired) electrons.